The van der Waals surface area contributed by atoms with E-state index < -0.39 is 25.0 Å². The summed E-state index contributed by atoms with van der Waals surface area (Å²) in [7, 11) is 1.31. The van der Waals surface area contributed by atoms with Gasteiger partial charge in [-0.1, -0.05) is 23.4 Å². The molecule has 0 atom stereocenters. The molecule has 0 aliphatic rings. The molecular formula is C14H14ClF3N2O. The van der Waals surface area contributed by atoms with Crippen molar-refractivity contribution < 1.29 is 18.0 Å². The minimum atomic E-state index is -4.30. The lowest BCUT2D eigenvalue weighted by molar-refractivity contribution is -0.136. The average molecular weight is 319 g/mol. The van der Waals surface area contributed by atoms with Crippen LogP contribution < -0.4 is 5.73 Å². The van der Waals surface area contributed by atoms with Crippen LogP contribution in [-0.4, -0.2) is 37.1 Å². The summed E-state index contributed by atoms with van der Waals surface area (Å²) in [5, 5.41) is 0.256. The van der Waals surface area contributed by atoms with Crippen molar-refractivity contribution in [3.63, 3.8) is 0 Å². The molecule has 1 amide bonds. The molecule has 0 spiro atoms. The number of rotatable bonds is 3. The topological polar surface area (TPSA) is 46.3 Å². The van der Waals surface area contributed by atoms with Crippen LogP contribution in [0.4, 0.5) is 13.2 Å². The Morgan fingerprint density at radius 3 is 2.62 bits per heavy atom. The van der Waals surface area contributed by atoms with E-state index in [2.05, 4.69) is 11.8 Å². The number of benzene rings is 1. The van der Waals surface area contributed by atoms with E-state index in [1.807, 2.05) is 0 Å². The van der Waals surface area contributed by atoms with Crippen LogP contribution in [-0.2, 0) is 0 Å². The van der Waals surface area contributed by atoms with Gasteiger partial charge in [-0.25, -0.2) is 0 Å². The van der Waals surface area contributed by atoms with Crippen LogP contribution in [0.2, 0.25) is 5.02 Å². The smallest absolute Gasteiger partial charge is 0.341 e. The van der Waals surface area contributed by atoms with E-state index in [0.29, 0.717) is 5.56 Å². The van der Waals surface area contributed by atoms with Crippen LogP contribution in [0.25, 0.3) is 0 Å². The van der Waals surface area contributed by atoms with E-state index in [9.17, 15) is 18.0 Å². The van der Waals surface area contributed by atoms with Crippen molar-refractivity contribution in [1.82, 2.24) is 4.90 Å². The Kier molecular flexibility index (Phi) is 6.06. The highest BCUT2D eigenvalue weighted by Crippen LogP contribution is 2.21. The van der Waals surface area contributed by atoms with Crippen LogP contribution in [0.5, 0.6) is 0 Å². The average Bonchev–Trinajstić information content (AvgIpc) is 2.41. The summed E-state index contributed by atoms with van der Waals surface area (Å²) in [5.74, 6) is 4.83. The van der Waals surface area contributed by atoms with E-state index in [1.165, 1.54) is 25.2 Å². The van der Waals surface area contributed by atoms with Gasteiger partial charge in [0.15, 0.2) is 0 Å². The summed E-state index contributed by atoms with van der Waals surface area (Å²) in [6, 6.07) is 4.39. The molecule has 0 fully saturated rings. The third kappa shape index (κ3) is 5.66. The van der Waals surface area contributed by atoms with Crippen molar-refractivity contribution in [2.75, 3.05) is 20.1 Å². The Bertz CT molecular complexity index is 576. The van der Waals surface area contributed by atoms with Gasteiger partial charge in [0.2, 0.25) is 0 Å². The van der Waals surface area contributed by atoms with Crippen LogP contribution in [0.1, 0.15) is 22.3 Å². The molecular weight excluding hydrogens is 305 g/mol. The maximum Gasteiger partial charge on any atom is 0.390 e. The number of hydrogen-bond acceptors (Lipinski definition) is 2. The lowest BCUT2D eigenvalue weighted by Gasteiger charge is -2.18. The number of hydrogen-bond donors (Lipinski definition) is 1. The Labute approximate surface area is 125 Å². The second-order valence-electron chi connectivity index (χ2n) is 4.29. The largest absolute Gasteiger partial charge is 0.390 e. The molecule has 1 aromatic rings. The fourth-order valence-corrected chi connectivity index (χ4v) is 1.74. The number of nitrogens with two attached hydrogens (primary N) is 1. The highest BCUT2D eigenvalue weighted by atomic mass is 35.5. The highest BCUT2D eigenvalue weighted by molar-refractivity contribution is 6.32. The Morgan fingerprint density at radius 1 is 1.43 bits per heavy atom. The first-order valence-electron chi connectivity index (χ1n) is 6.05. The molecule has 0 aliphatic carbocycles. The third-order valence-electron chi connectivity index (χ3n) is 2.62. The molecule has 0 aromatic heterocycles. The van der Waals surface area contributed by atoms with E-state index >= 15 is 0 Å². The molecule has 2 N–H and O–H groups in total. The van der Waals surface area contributed by atoms with Gasteiger partial charge in [-0.05, 0) is 18.2 Å². The molecule has 3 nitrogen and oxygen atoms in total. The first-order chi connectivity index (χ1) is 9.74. The zero-order valence-corrected chi connectivity index (χ0v) is 12.1. The van der Waals surface area contributed by atoms with Crippen LogP contribution in [0.3, 0.4) is 0 Å². The second kappa shape index (κ2) is 7.34. The van der Waals surface area contributed by atoms with Crippen LogP contribution >= 0.6 is 11.6 Å². The van der Waals surface area contributed by atoms with Gasteiger partial charge in [0, 0.05) is 24.7 Å². The molecule has 1 aromatic carbocycles. The fraction of sp³-hybridized carbons (Fsp3) is 0.357. The molecule has 0 aliphatic heterocycles. The van der Waals surface area contributed by atoms with Gasteiger partial charge < -0.3 is 10.6 Å². The number of halogens is 4. The van der Waals surface area contributed by atoms with E-state index in [0.717, 1.165) is 4.90 Å². The molecule has 0 saturated heterocycles. The Hall–Kier alpha value is -1.71. The van der Waals surface area contributed by atoms with Gasteiger partial charge in [-0.2, -0.15) is 13.2 Å². The van der Waals surface area contributed by atoms with Crippen molar-refractivity contribution in [3.05, 3.63) is 34.3 Å². The quantitative estimate of drug-likeness (QED) is 0.871. The zero-order chi connectivity index (χ0) is 16.0. The first kappa shape index (κ1) is 17.3. The standard InChI is InChI=1S/C14H14ClF3N2O/c1-20(8-6-14(16,17)18)13(21)11-5-4-10(3-2-7-19)12(15)9-11/h4-5,9H,6-8,19H2,1H3. The molecule has 0 heterocycles. The van der Waals surface area contributed by atoms with Crippen LogP contribution in [0, 0.1) is 11.8 Å². The summed E-state index contributed by atoms with van der Waals surface area (Å²) < 4.78 is 36.4. The van der Waals surface area contributed by atoms with Gasteiger partial charge in [0.05, 0.1) is 18.0 Å². The van der Waals surface area contributed by atoms with E-state index in [1.54, 1.807) is 0 Å². The van der Waals surface area contributed by atoms with Gasteiger partial charge in [0.25, 0.3) is 5.91 Å². The summed E-state index contributed by atoms with van der Waals surface area (Å²) >= 11 is 5.97. The maximum absolute atomic E-state index is 12.1. The van der Waals surface area contributed by atoms with Crippen molar-refractivity contribution >= 4 is 17.5 Å². The molecule has 21 heavy (non-hydrogen) atoms. The van der Waals surface area contributed by atoms with E-state index in [4.69, 9.17) is 17.3 Å². The number of carbonyl (C=O) groups is 1. The minimum absolute atomic E-state index is 0.178. The predicted molar refractivity (Wildman–Crippen MR) is 75.0 cm³/mol. The zero-order valence-electron chi connectivity index (χ0n) is 11.3. The number of carbonyl (C=O) groups excluding carboxylic acids is 1. The second-order valence-corrected chi connectivity index (χ2v) is 4.70. The number of nitrogens with zero attached hydrogens (tertiary/aromatic N) is 1. The lowest BCUT2D eigenvalue weighted by Crippen LogP contribution is -2.30. The molecule has 0 radical (unpaired) electrons. The molecule has 7 heteroatoms. The molecule has 0 bridgehead atoms. The third-order valence-corrected chi connectivity index (χ3v) is 2.93. The van der Waals surface area contributed by atoms with Gasteiger partial charge in [-0.3, -0.25) is 4.79 Å². The predicted octanol–water partition coefficient (Wildman–Crippen LogP) is 2.67. The fourth-order valence-electron chi connectivity index (χ4n) is 1.51. The van der Waals surface area contributed by atoms with Crippen molar-refractivity contribution in [3.8, 4) is 11.8 Å². The van der Waals surface area contributed by atoms with Gasteiger partial charge in [-0.15, -0.1) is 0 Å². The van der Waals surface area contributed by atoms with Gasteiger partial charge >= 0.3 is 6.18 Å². The molecule has 114 valence electrons. The number of amides is 1. The lowest BCUT2D eigenvalue weighted by atomic mass is 10.1. The Balaban J connectivity index is 2.81. The molecule has 0 unspecified atom stereocenters. The SMILES string of the molecule is CN(CCC(F)(F)F)C(=O)c1ccc(C#CCN)c(Cl)c1. The molecule has 0 saturated carbocycles. The monoisotopic (exact) mass is 318 g/mol. The summed E-state index contributed by atoms with van der Waals surface area (Å²) in [6.07, 6.45) is -5.35. The number of alkyl halides is 3. The summed E-state index contributed by atoms with van der Waals surface area (Å²) in [5.41, 5.74) is 5.97. The van der Waals surface area contributed by atoms with Crippen molar-refractivity contribution in [2.45, 2.75) is 12.6 Å². The van der Waals surface area contributed by atoms with Gasteiger partial charge in [0.1, 0.15) is 0 Å². The minimum Gasteiger partial charge on any atom is -0.341 e. The van der Waals surface area contributed by atoms with E-state index in [-0.39, 0.29) is 17.1 Å². The van der Waals surface area contributed by atoms with Crippen LogP contribution in [0.15, 0.2) is 18.2 Å². The Morgan fingerprint density at radius 2 is 2.10 bits per heavy atom. The van der Waals surface area contributed by atoms with Crippen molar-refractivity contribution in [2.24, 2.45) is 5.73 Å². The molecule has 1 rings (SSSR count). The van der Waals surface area contributed by atoms with Crippen molar-refractivity contribution in [1.29, 1.82) is 0 Å². The normalized spacial score (nSPS) is 10.8. The summed E-state index contributed by atoms with van der Waals surface area (Å²) in [6.45, 7) is -0.230. The first-order valence-corrected chi connectivity index (χ1v) is 6.43. The highest BCUT2D eigenvalue weighted by Gasteiger charge is 2.28. The maximum atomic E-state index is 12.1. The summed E-state index contributed by atoms with van der Waals surface area (Å²) in [4.78, 5) is 13.0.